The van der Waals surface area contributed by atoms with E-state index in [4.69, 9.17) is 9.47 Å². The fourth-order valence-corrected chi connectivity index (χ4v) is 1.91. The van der Waals surface area contributed by atoms with Crippen molar-refractivity contribution in [1.29, 1.82) is 0 Å². The zero-order valence-corrected chi connectivity index (χ0v) is 11.4. The lowest BCUT2D eigenvalue weighted by molar-refractivity contribution is 0.0770. The highest BCUT2D eigenvalue weighted by Crippen LogP contribution is 2.09. The molecule has 1 rings (SSSR count). The summed E-state index contributed by atoms with van der Waals surface area (Å²) in [4.78, 5) is 0. The van der Waals surface area contributed by atoms with E-state index in [0.717, 1.165) is 18.1 Å². The summed E-state index contributed by atoms with van der Waals surface area (Å²) in [5.41, 5.74) is 0. The van der Waals surface area contributed by atoms with Crippen molar-refractivity contribution in [3.63, 3.8) is 0 Å². The van der Waals surface area contributed by atoms with E-state index < -0.39 is 0 Å². The minimum atomic E-state index is 0.569. The van der Waals surface area contributed by atoms with Gasteiger partial charge in [0.1, 0.15) is 12.4 Å². The minimum Gasteiger partial charge on any atom is -0.491 e. The predicted molar refractivity (Wildman–Crippen MR) is 75.0 cm³/mol. The molecule has 0 radical (unpaired) electrons. The van der Waals surface area contributed by atoms with Gasteiger partial charge in [0.05, 0.1) is 13.2 Å². The number of ether oxygens (including phenoxy) is 2. The van der Waals surface area contributed by atoms with Crippen LogP contribution in [0, 0.1) is 5.92 Å². The van der Waals surface area contributed by atoms with E-state index in [2.05, 4.69) is 19.6 Å². The molecule has 1 unspecified atom stereocenters. The van der Waals surface area contributed by atoms with Crippen LogP contribution in [0.3, 0.4) is 0 Å². The third-order valence-corrected chi connectivity index (χ3v) is 3.06. The molecule has 0 aromatic heterocycles. The minimum absolute atomic E-state index is 0.569. The van der Waals surface area contributed by atoms with E-state index in [0.29, 0.717) is 19.1 Å². The van der Waals surface area contributed by atoms with Gasteiger partial charge in [0.2, 0.25) is 0 Å². The fraction of sp³-hybridized carbons (Fsp3) is 0.571. The highest BCUT2D eigenvalue weighted by molar-refractivity contribution is 7.80. The Hall–Kier alpha value is -0.670. The second kappa shape index (κ2) is 9.37. The number of hydrogen-bond acceptors (Lipinski definition) is 3. The van der Waals surface area contributed by atoms with Gasteiger partial charge in [-0.1, -0.05) is 31.5 Å². The third-order valence-electron chi connectivity index (χ3n) is 2.55. The first-order chi connectivity index (χ1) is 8.36. The number of hydrogen-bond donors (Lipinski definition) is 1. The topological polar surface area (TPSA) is 18.5 Å². The summed E-state index contributed by atoms with van der Waals surface area (Å²) in [6.45, 7) is 4.22. The molecule has 96 valence electrons. The lowest BCUT2D eigenvalue weighted by Gasteiger charge is -2.13. The quantitative estimate of drug-likeness (QED) is 0.537. The van der Waals surface area contributed by atoms with Crippen molar-refractivity contribution in [2.45, 2.75) is 19.8 Å². The maximum absolute atomic E-state index is 5.59. The molecule has 0 fully saturated rings. The summed E-state index contributed by atoms with van der Waals surface area (Å²) < 4.78 is 11.1. The molecule has 0 aliphatic carbocycles. The van der Waals surface area contributed by atoms with Gasteiger partial charge in [-0.05, 0) is 30.2 Å². The molecular formula is C14H22O2S. The lowest BCUT2D eigenvalue weighted by Crippen LogP contribution is -2.15. The van der Waals surface area contributed by atoms with E-state index in [-0.39, 0.29) is 0 Å². The van der Waals surface area contributed by atoms with Crippen molar-refractivity contribution in [3.05, 3.63) is 30.3 Å². The standard InChI is InChI=1S/C14H22O2S/c1-2-6-13(12-17)11-15-9-10-16-14-7-4-3-5-8-14/h3-5,7-8,13,17H,2,6,9-12H2,1H3. The molecule has 0 aliphatic rings. The van der Waals surface area contributed by atoms with Gasteiger partial charge in [0.15, 0.2) is 0 Å². The van der Waals surface area contributed by atoms with Gasteiger partial charge in [0, 0.05) is 0 Å². The van der Waals surface area contributed by atoms with E-state index in [9.17, 15) is 0 Å². The van der Waals surface area contributed by atoms with Gasteiger partial charge in [-0.3, -0.25) is 0 Å². The van der Waals surface area contributed by atoms with Crippen LogP contribution in [0.25, 0.3) is 0 Å². The average molecular weight is 254 g/mol. The molecule has 1 aromatic rings. The Labute approximate surface area is 110 Å². The first kappa shape index (κ1) is 14.4. The maximum atomic E-state index is 5.59. The Morgan fingerprint density at radius 3 is 2.59 bits per heavy atom. The van der Waals surface area contributed by atoms with Crippen molar-refractivity contribution < 1.29 is 9.47 Å². The molecule has 0 heterocycles. The number of para-hydroxylation sites is 1. The molecule has 0 saturated carbocycles. The Morgan fingerprint density at radius 2 is 1.94 bits per heavy atom. The first-order valence-corrected chi connectivity index (χ1v) is 6.86. The first-order valence-electron chi connectivity index (χ1n) is 6.23. The lowest BCUT2D eigenvalue weighted by atomic mass is 10.1. The van der Waals surface area contributed by atoms with Crippen LogP contribution >= 0.6 is 12.6 Å². The van der Waals surface area contributed by atoms with Crippen LogP contribution < -0.4 is 4.74 Å². The SMILES string of the molecule is CCCC(CS)COCCOc1ccccc1. The summed E-state index contributed by atoms with van der Waals surface area (Å²) in [5.74, 6) is 2.36. The Balaban J connectivity index is 2.04. The summed E-state index contributed by atoms with van der Waals surface area (Å²) >= 11 is 4.32. The van der Waals surface area contributed by atoms with Crippen LogP contribution in [0.4, 0.5) is 0 Å². The normalized spacial score (nSPS) is 12.4. The fourth-order valence-electron chi connectivity index (χ4n) is 1.62. The second-order valence-corrected chi connectivity index (χ2v) is 4.44. The average Bonchev–Trinajstić information content (AvgIpc) is 2.38. The summed E-state index contributed by atoms with van der Waals surface area (Å²) in [6.07, 6.45) is 2.37. The molecule has 2 nitrogen and oxygen atoms in total. The van der Waals surface area contributed by atoms with E-state index in [1.807, 2.05) is 30.3 Å². The summed E-state index contributed by atoms with van der Waals surface area (Å²) in [5, 5.41) is 0. The molecule has 3 heteroatoms. The smallest absolute Gasteiger partial charge is 0.119 e. The van der Waals surface area contributed by atoms with Gasteiger partial charge in [-0.15, -0.1) is 0 Å². The van der Waals surface area contributed by atoms with Gasteiger partial charge in [-0.25, -0.2) is 0 Å². The van der Waals surface area contributed by atoms with E-state index >= 15 is 0 Å². The second-order valence-electron chi connectivity index (χ2n) is 4.07. The zero-order valence-electron chi connectivity index (χ0n) is 10.5. The molecule has 0 amide bonds. The van der Waals surface area contributed by atoms with Crippen LogP contribution in [0.15, 0.2) is 30.3 Å². The largest absolute Gasteiger partial charge is 0.491 e. The Kier molecular flexibility index (Phi) is 7.93. The van der Waals surface area contributed by atoms with E-state index in [1.165, 1.54) is 12.8 Å². The molecule has 1 atom stereocenters. The van der Waals surface area contributed by atoms with Crippen LogP contribution in [0.5, 0.6) is 5.75 Å². The summed E-state index contributed by atoms with van der Waals surface area (Å²) in [6, 6.07) is 9.81. The monoisotopic (exact) mass is 254 g/mol. The highest BCUT2D eigenvalue weighted by atomic mass is 32.1. The Morgan fingerprint density at radius 1 is 1.18 bits per heavy atom. The van der Waals surface area contributed by atoms with Crippen molar-refractivity contribution in [1.82, 2.24) is 0 Å². The zero-order chi connectivity index (χ0) is 12.3. The van der Waals surface area contributed by atoms with Crippen molar-refractivity contribution in [3.8, 4) is 5.75 Å². The van der Waals surface area contributed by atoms with Gasteiger partial charge in [0.25, 0.3) is 0 Å². The van der Waals surface area contributed by atoms with Crippen molar-refractivity contribution >= 4 is 12.6 Å². The molecular weight excluding hydrogens is 232 g/mol. The van der Waals surface area contributed by atoms with Crippen LogP contribution in [0.2, 0.25) is 0 Å². The number of thiol groups is 1. The highest BCUT2D eigenvalue weighted by Gasteiger charge is 2.05. The van der Waals surface area contributed by atoms with Crippen LogP contribution in [-0.2, 0) is 4.74 Å². The summed E-state index contributed by atoms with van der Waals surface area (Å²) in [7, 11) is 0. The van der Waals surface area contributed by atoms with Crippen molar-refractivity contribution in [2.24, 2.45) is 5.92 Å². The van der Waals surface area contributed by atoms with Crippen LogP contribution in [0.1, 0.15) is 19.8 Å². The number of benzene rings is 1. The van der Waals surface area contributed by atoms with Crippen LogP contribution in [-0.4, -0.2) is 25.6 Å². The Bertz CT molecular complexity index is 277. The molecule has 0 saturated heterocycles. The number of rotatable bonds is 9. The van der Waals surface area contributed by atoms with Gasteiger partial charge >= 0.3 is 0 Å². The molecule has 0 N–H and O–H groups in total. The van der Waals surface area contributed by atoms with Gasteiger partial charge in [-0.2, -0.15) is 12.6 Å². The molecule has 0 bridgehead atoms. The maximum Gasteiger partial charge on any atom is 0.119 e. The van der Waals surface area contributed by atoms with E-state index in [1.54, 1.807) is 0 Å². The third kappa shape index (κ3) is 6.59. The van der Waals surface area contributed by atoms with Crippen molar-refractivity contribution in [2.75, 3.05) is 25.6 Å². The molecule has 0 spiro atoms. The predicted octanol–water partition coefficient (Wildman–Crippen LogP) is 3.43. The van der Waals surface area contributed by atoms with Gasteiger partial charge < -0.3 is 9.47 Å². The molecule has 0 aliphatic heterocycles. The molecule has 1 aromatic carbocycles. The molecule has 17 heavy (non-hydrogen) atoms.